The van der Waals surface area contributed by atoms with Crippen LogP contribution in [0.1, 0.15) is 31.5 Å². The fourth-order valence-electron chi connectivity index (χ4n) is 3.08. The molecule has 1 amide bonds. The number of aromatic amines is 1. The van der Waals surface area contributed by atoms with Gasteiger partial charge in [0.1, 0.15) is 11.9 Å². The van der Waals surface area contributed by atoms with E-state index in [1.165, 1.54) is 0 Å². The van der Waals surface area contributed by atoms with Crippen LogP contribution in [0, 0.1) is 0 Å². The van der Waals surface area contributed by atoms with Gasteiger partial charge in [-0.15, -0.1) is 0 Å². The van der Waals surface area contributed by atoms with Crippen molar-refractivity contribution in [1.29, 1.82) is 0 Å². The van der Waals surface area contributed by atoms with Gasteiger partial charge in [0.15, 0.2) is 0 Å². The maximum atomic E-state index is 12.5. The summed E-state index contributed by atoms with van der Waals surface area (Å²) in [5.41, 5.74) is 0. The fraction of sp³-hybridized carbons (Fsp3) is 0.714. The van der Waals surface area contributed by atoms with Crippen molar-refractivity contribution in [2.24, 2.45) is 0 Å². The number of H-pyrrole nitrogens is 1. The molecule has 2 fully saturated rings. The molecule has 0 bridgehead atoms. The number of aromatic nitrogens is 2. The number of amides is 1. The van der Waals surface area contributed by atoms with Crippen LogP contribution >= 0.6 is 0 Å². The molecule has 0 aromatic carbocycles. The Bertz CT molecular complexity index is 440. The molecule has 1 aromatic rings. The van der Waals surface area contributed by atoms with Crippen molar-refractivity contribution in [3.63, 3.8) is 0 Å². The molecule has 0 radical (unpaired) electrons. The van der Waals surface area contributed by atoms with Gasteiger partial charge in [0.25, 0.3) is 0 Å². The predicted octanol–water partition coefficient (Wildman–Crippen LogP) is 0.493. The first-order valence-corrected chi connectivity index (χ1v) is 7.39. The second-order valence-corrected chi connectivity index (χ2v) is 5.58. The average Bonchev–Trinajstić information content (AvgIpc) is 3.01. The molecule has 3 heterocycles. The molecule has 6 nitrogen and oxygen atoms in total. The molecular weight excluding hydrogens is 256 g/mol. The van der Waals surface area contributed by atoms with E-state index in [4.69, 9.17) is 4.74 Å². The van der Waals surface area contributed by atoms with Gasteiger partial charge in [-0.1, -0.05) is 0 Å². The van der Waals surface area contributed by atoms with Crippen LogP contribution in [0.4, 0.5) is 0 Å². The third kappa shape index (κ3) is 2.71. The number of carbonyl (C=O) groups excluding carboxylic acids is 1. The van der Waals surface area contributed by atoms with Crippen molar-refractivity contribution in [3.05, 3.63) is 18.2 Å². The largest absolute Gasteiger partial charge is 0.375 e. The molecule has 2 aliphatic heterocycles. The first-order valence-electron chi connectivity index (χ1n) is 7.39. The lowest BCUT2D eigenvalue weighted by Crippen LogP contribution is -2.57. The van der Waals surface area contributed by atoms with E-state index >= 15 is 0 Å². The van der Waals surface area contributed by atoms with Crippen molar-refractivity contribution in [3.8, 4) is 0 Å². The Hall–Kier alpha value is -1.40. The van der Waals surface area contributed by atoms with Gasteiger partial charge in [-0.2, -0.15) is 0 Å². The van der Waals surface area contributed by atoms with Gasteiger partial charge in [0.2, 0.25) is 5.91 Å². The Morgan fingerprint density at radius 1 is 1.45 bits per heavy atom. The zero-order valence-corrected chi connectivity index (χ0v) is 11.8. The van der Waals surface area contributed by atoms with E-state index in [-0.39, 0.29) is 18.1 Å². The van der Waals surface area contributed by atoms with Crippen LogP contribution in [0.5, 0.6) is 0 Å². The molecule has 1 aromatic heterocycles. The van der Waals surface area contributed by atoms with Gasteiger partial charge in [-0.25, -0.2) is 4.98 Å². The van der Waals surface area contributed by atoms with E-state index in [2.05, 4.69) is 15.3 Å². The third-order valence-corrected chi connectivity index (χ3v) is 4.30. The third-order valence-electron chi connectivity index (χ3n) is 4.30. The number of ether oxygens (including phenoxy) is 1. The molecule has 0 saturated carbocycles. The highest BCUT2D eigenvalue weighted by molar-refractivity contribution is 5.82. The highest BCUT2D eigenvalue weighted by atomic mass is 16.5. The fourth-order valence-corrected chi connectivity index (χ4v) is 3.08. The number of nitrogens with zero attached hydrogens (tertiary/aromatic N) is 2. The zero-order valence-electron chi connectivity index (χ0n) is 11.8. The first-order chi connectivity index (χ1) is 9.75. The van der Waals surface area contributed by atoms with E-state index in [1.54, 1.807) is 6.20 Å². The minimum absolute atomic E-state index is 0.0425. The topological polar surface area (TPSA) is 70.2 Å². The van der Waals surface area contributed by atoms with Gasteiger partial charge in [-0.05, 0) is 19.8 Å². The molecule has 3 rings (SSSR count). The number of imidazole rings is 1. The maximum Gasteiger partial charge on any atom is 0.242 e. The van der Waals surface area contributed by atoms with Crippen LogP contribution in [0.3, 0.4) is 0 Å². The summed E-state index contributed by atoms with van der Waals surface area (Å²) in [6.45, 7) is 5.00. The van der Waals surface area contributed by atoms with Gasteiger partial charge < -0.3 is 19.9 Å². The number of rotatable bonds is 2. The van der Waals surface area contributed by atoms with Crippen LogP contribution in [-0.4, -0.2) is 59.2 Å². The van der Waals surface area contributed by atoms with Crippen molar-refractivity contribution in [1.82, 2.24) is 20.2 Å². The Morgan fingerprint density at radius 3 is 2.90 bits per heavy atom. The second kappa shape index (κ2) is 5.93. The summed E-state index contributed by atoms with van der Waals surface area (Å²) in [4.78, 5) is 22.0. The molecule has 110 valence electrons. The summed E-state index contributed by atoms with van der Waals surface area (Å²) in [5, 5.41) is 3.27. The van der Waals surface area contributed by atoms with Crippen molar-refractivity contribution < 1.29 is 9.53 Å². The number of likely N-dealkylation sites (tertiary alicyclic amines) is 1. The van der Waals surface area contributed by atoms with Crippen LogP contribution in [0.15, 0.2) is 12.4 Å². The Kier molecular flexibility index (Phi) is 4.03. The van der Waals surface area contributed by atoms with E-state index in [1.807, 2.05) is 18.0 Å². The minimum atomic E-state index is -0.191. The molecule has 2 aliphatic rings. The summed E-state index contributed by atoms with van der Waals surface area (Å²) in [7, 11) is 0. The smallest absolute Gasteiger partial charge is 0.242 e. The highest BCUT2D eigenvalue weighted by Crippen LogP contribution is 2.26. The molecule has 0 aliphatic carbocycles. The van der Waals surface area contributed by atoms with Crippen molar-refractivity contribution in [2.45, 2.75) is 37.8 Å². The molecule has 6 heteroatoms. The monoisotopic (exact) mass is 278 g/mol. The van der Waals surface area contributed by atoms with Crippen LogP contribution in [-0.2, 0) is 9.53 Å². The number of hydrogen-bond donors (Lipinski definition) is 2. The standard InChI is InChI=1S/C14H22N4O2/c1-10-12(15-6-9-20-10)14(19)18-7-2-11(3-8-18)13-16-4-5-17-13/h4-5,10-12,15H,2-3,6-9H2,1H3,(H,16,17)/t10-,12+/m1/s1. The average molecular weight is 278 g/mol. The Morgan fingerprint density at radius 2 is 2.25 bits per heavy atom. The van der Waals surface area contributed by atoms with E-state index < -0.39 is 0 Å². The number of morpholine rings is 1. The van der Waals surface area contributed by atoms with Crippen molar-refractivity contribution in [2.75, 3.05) is 26.2 Å². The lowest BCUT2D eigenvalue weighted by molar-refractivity contribution is -0.140. The van der Waals surface area contributed by atoms with E-state index in [0.717, 1.165) is 38.3 Å². The Balaban J connectivity index is 1.56. The molecule has 2 atom stereocenters. The summed E-state index contributed by atoms with van der Waals surface area (Å²) >= 11 is 0. The van der Waals surface area contributed by atoms with Gasteiger partial charge in [0.05, 0.1) is 12.7 Å². The lowest BCUT2D eigenvalue weighted by Gasteiger charge is -2.37. The number of hydrogen-bond acceptors (Lipinski definition) is 4. The molecule has 0 unspecified atom stereocenters. The molecular formula is C14H22N4O2. The molecule has 0 spiro atoms. The van der Waals surface area contributed by atoms with Crippen LogP contribution in [0.2, 0.25) is 0 Å². The van der Waals surface area contributed by atoms with E-state index in [9.17, 15) is 4.79 Å². The SMILES string of the molecule is C[C@H]1OCCN[C@@H]1C(=O)N1CCC(c2ncc[nH]2)CC1. The van der Waals surface area contributed by atoms with Crippen LogP contribution in [0.25, 0.3) is 0 Å². The second-order valence-electron chi connectivity index (χ2n) is 5.58. The first kappa shape index (κ1) is 13.6. The molecule has 2 N–H and O–H groups in total. The number of carbonyl (C=O) groups is 1. The van der Waals surface area contributed by atoms with Gasteiger partial charge in [0, 0.05) is 37.9 Å². The van der Waals surface area contributed by atoms with Crippen molar-refractivity contribution >= 4 is 5.91 Å². The van der Waals surface area contributed by atoms with Gasteiger partial charge in [-0.3, -0.25) is 4.79 Å². The normalized spacial score (nSPS) is 28.6. The minimum Gasteiger partial charge on any atom is -0.375 e. The summed E-state index contributed by atoms with van der Waals surface area (Å²) < 4.78 is 5.56. The predicted molar refractivity (Wildman–Crippen MR) is 74.3 cm³/mol. The number of piperidine rings is 1. The number of nitrogens with one attached hydrogen (secondary N) is 2. The molecule has 2 saturated heterocycles. The summed E-state index contributed by atoms with van der Waals surface area (Å²) in [6.07, 6.45) is 5.55. The van der Waals surface area contributed by atoms with Crippen LogP contribution < -0.4 is 5.32 Å². The molecule has 20 heavy (non-hydrogen) atoms. The quantitative estimate of drug-likeness (QED) is 0.826. The zero-order chi connectivity index (χ0) is 13.9. The maximum absolute atomic E-state index is 12.5. The van der Waals surface area contributed by atoms with Gasteiger partial charge >= 0.3 is 0 Å². The van der Waals surface area contributed by atoms with E-state index in [0.29, 0.717) is 12.5 Å². The summed E-state index contributed by atoms with van der Waals surface area (Å²) in [5.74, 6) is 1.67. The Labute approximate surface area is 118 Å². The lowest BCUT2D eigenvalue weighted by atomic mass is 9.95. The summed E-state index contributed by atoms with van der Waals surface area (Å²) in [6, 6.07) is -0.191. The highest BCUT2D eigenvalue weighted by Gasteiger charge is 2.34.